The monoisotopic (exact) mass is 289 g/mol. The van der Waals surface area contributed by atoms with Crippen molar-refractivity contribution in [3.05, 3.63) is 35.4 Å². The number of carboxylic acids is 1. The number of carboxylic acid groups (broad SMARTS) is 1. The van der Waals surface area contributed by atoms with Crippen LogP contribution in [0.15, 0.2) is 24.3 Å². The Hall–Kier alpha value is -1.84. The maximum absolute atomic E-state index is 12.7. The van der Waals surface area contributed by atoms with E-state index in [1.54, 1.807) is 18.9 Å². The highest BCUT2D eigenvalue weighted by molar-refractivity contribution is 5.83. The number of amides is 1. The fourth-order valence-electron chi connectivity index (χ4n) is 3.11. The first-order chi connectivity index (χ1) is 9.83. The van der Waals surface area contributed by atoms with Gasteiger partial charge < -0.3 is 10.0 Å². The van der Waals surface area contributed by atoms with Gasteiger partial charge in [0.1, 0.15) is 0 Å². The van der Waals surface area contributed by atoms with E-state index in [1.165, 1.54) is 11.1 Å². The molecule has 1 aromatic rings. The van der Waals surface area contributed by atoms with Crippen LogP contribution in [0.3, 0.4) is 0 Å². The molecule has 1 aliphatic carbocycles. The minimum Gasteiger partial charge on any atom is -0.481 e. The van der Waals surface area contributed by atoms with Crippen LogP contribution < -0.4 is 0 Å². The molecule has 1 amide bonds. The molecule has 0 aromatic heterocycles. The molecular formula is C17H23NO3. The van der Waals surface area contributed by atoms with Crippen molar-refractivity contribution in [2.45, 2.75) is 33.1 Å². The molecule has 0 aliphatic heterocycles. The van der Waals surface area contributed by atoms with E-state index in [0.717, 1.165) is 19.3 Å². The first-order valence-electron chi connectivity index (χ1n) is 7.38. The van der Waals surface area contributed by atoms with Crippen LogP contribution in [-0.4, -0.2) is 35.5 Å². The number of fused-ring (bicyclic) bond motifs is 1. The summed E-state index contributed by atoms with van der Waals surface area (Å²) in [6.45, 7) is 3.88. The second-order valence-corrected chi connectivity index (χ2v) is 6.43. The Balaban J connectivity index is 2.10. The van der Waals surface area contributed by atoms with Gasteiger partial charge in [-0.15, -0.1) is 0 Å². The van der Waals surface area contributed by atoms with E-state index >= 15 is 0 Å². The van der Waals surface area contributed by atoms with Crippen molar-refractivity contribution < 1.29 is 14.7 Å². The number of benzene rings is 1. The van der Waals surface area contributed by atoms with Gasteiger partial charge in [-0.25, -0.2) is 0 Å². The van der Waals surface area contributed by atoms with E-state index in [1.807, 2.05) is 19.1 Å². The Morgan fingerprint density at radius 1 is 1.33 bits per heavy atom. The van der Waals surface area contributed by atoms with Crippen molar-refractivity contribution in [2.75, 3.05) is 13.6 Å². The van der Waals surface area contributed by atoms with Crippen molar-refractivity contribution in [3.8, 4) is 0 Å². The Kier molecular flexibility index (Phi) is 4.35. The average molecular weight is 289 g/mol. The Morgan fingerprint density at radius 2 is 1.95 bits per heavy atom. The van der Waals surface area contributed by atoms with E-state index in [2.05, 4.69) is 12.1 Å². The van der Waals surface area contributed by atoms with Crippen molar-refractivity contribution in [2.24, 2.45) is 11.3 Å². The first-order valence-corrected chi connectivity index (χ1v) is 7.38. The van der Waals surface area contributed by atoms with Gasteiger partial charge in [0.25, 0.3) is 0 Å². The van der Waals surface area contributed by atoms with Gasteiger partial charge in [-0.05, 0) is 30.4 Å². The summed E-state index contributed by atoms with van der Waals surface area (Å²) in [5.41, 5.74) is 2.13. The maximum Gasteiger partial charge on any atom is 0.308 e. The predicted molar refractivity (Wildman–Crippen MR) is 81.0 cm³/mol. The molecule has 0 saturated heterocycles. The van der Waals surface area contributed by atoms with E-state index in [0.29, 0.717) is 0 Å². The summed E-state index contributed by atoms with van der Waals surface area (Å²) in [6, 6.07) is 8.24. The van der Waals surface area contributed by atoms with Crippen molar-refractivity contribution in [3.63, 3.8) is 0 Å². The minimum atomic E-state index is -0.867. The molecule has 0 spiro atoms. The first kappa shape index (κ1) is 15.5. The molecule has 0 saturated carbocycles. The number of hydrogen-bond acceptors (Lipinski definition) is 2. The Labute approximate surface area is 125 Å². The van der Waals surface area contributed by atoms with Crippen molar-refractivity contribution in [1.82, 2.24) is 4.90 Å². The molecular weight excluding hydrogens is 266 g/mol. The third-order valence-corrected chi connectivity index (χ3v) is 4.48. The number of carbonyl (C=O) groups excluding carboxylic acids is 1. The molecule has 1 N–H and O–H groups in total. The predicted octanol–water partition coefficient (Wildman–Crippen LogP) is 2.36. The number of hydrogen-bond donors (Lipinski definition) is 1. The third kappa shape index (κ3) is 3.26. The fraction of sp³-hybridized carbons (Fsp3) is 0.529. The second-order valence-electron chi connectivity index (χ2n) is 6.43. The molecule has 1 aliphatic rings. The lowest BCUT2D eigenvalue weighted by atomic mass is 9.72. The topological polar surface area (TPSA) is 57.6 Å². The summed E-state index contributed by atoms with van der Waals surface area (Å²) in [5.74, 6) is -1.36. The highest BCUT2D eigenvalue weighted by atomic mass is 16.4. The zero-order chi connectivity index (χ0) is 15.6. The maximum atomic E-state index is 12.7. The van der Waals surface area contributed by atoms with Crippen LogP contribution in [0.25, 0.3) is 0 Å². The number of aliphatic carboxylic acids is 1. The van der Waals surface area contributed by atoms with Crippen molar-refractivity contribution >= 4 is 11.9 Å². The molecule has 0 radical (unpaired) electrons. The Bertz CT molecular complexity index is 555. The standard InChI is InChI=1S/C17H23NO3/c1-12(15(19)20)11-18(3)16(21)17(2)9-8-13-6-4-5-7-14(13)10-17/h4-7,12H,8-11H2,1-3H3,(H,19,20). The number of carbonyl (C=O) groups is 2. The molecule has 0 fully saturated rings. The molecule has 0 heterocycles. The van der Waals surface area contributed by atoms with Gasteiger partial charge >= 0.3 is 5.97 Å². The lowest BCUT2D eigenvalue weighted by molar-refractivity contribution is -0.145. The minimum absolute atomic E-state index is 0.0464. The second kappa shape index (κ2) is 5.88. The normalized spacial score (nSPS) is 22.2. The molecule has 4 nitrogen and oxygen atoms in total. The fourth-order valence-corrected chi connectivity index (χ4v) is 3.11. The largest absolute Gasteiger partial charge is 0.481 e. The van der Waals surface area contributed by atoms with E-state index in [4.69, 9.17) is 5.11 Å². The van der Waals surface area contributed by atoms with Gasteiger partial charge in [0.05, 0.1) is 11.3 Å². The van der Waals surface area contributed by atoms with Gasteiger partial charge in [0.2, 0.25) is 5.91 Å². The van der Waals surface area contributed by atoms with Crippen molar-refractivity contribution in [1.29, 1.82) is 0 Å². The number of rotatable bonds is 4. The highest BCUT2D eigenvalue weighted by Gasteiger charge is 2.38. The smallest absolute Gasteiger partial charge is 0.308 e. The lowest BCUT2D eigenvalue weighted by Crippen LogP contribution is -2.45. The van der Waals surface area contributed by atoms with Crippen LogP contribution >= 0.6 is 0 Å². The van der Waals surface area contributed by atoms with E-state index in [9.17, 15) is 9.59 Å². The highest BCUT2D eigenvalue weighted by Crippen LogP contribution is 2.36. The summed E-state index contributed by atoms with van der Waals surface area (Å²) < 4.78 is 0. The van der Waals surface area contributed by atoms with Gasteiger partial charge in [-0.2, -0.15) is 0 Å². The van der Waals surface area contributed by atoms with Crippen LogP contribution in [0.5, 0.6) is 0 Å². The van der Waals surface area contributed by atoms with E-state index in [-0.39, 0.29) is 12.5 Å². The van der Waals surface area contributed by atoms with Gasteiger partial charge in [-0.1, -0.05) is 38.1 Å². The zero-order valence-electron chi connectivity index (χ0n) is 12.9. The number of aryl methyl sites for hydroxylation is 1. The van der Waals surface area contributed by atoms with Crippen LogP contribution in [-0.2, 0) is 22.4 Å². The lowest BCUT2D eigenvalue weighted by Gasteiger charge is -2.37. The third-order valence-electron chi connectivity index (χ3n) is 4.48. The molecule has 2 atom stereocenters. The summed E-state index contributed by atoms with van der Waals surface area (Å²) in [7, 11) is 1.70. The Morgan fingerprint density at radius 3 is 2.57 bits per heavy atom. The van der Waals surface area contributed by atoms with Gasteiger partial charge in [0, 0.05) is 13.6 Å². The summed E-state index contributed by atoms with van der Waals surface area (Å²) in [5, 5.41) is 8.98. The molecule has 21 heavy (non-hydrogen) atoms. The molecule has 2 unspecified atom stereocenters. The van der Waals surface area contributed by atoms with Crippen LogP contribution in [0.1, 0.15) is 31.4 Å². The SMILES string of the molecule is CC(CN(C)C(=O)C1(C)CCc2ccccc2C1)C(=O)O. The molecule has 2 rings (SSSR count). The van der Waals surface area contributed by atoms with Gasteiger partial charge in [-0.3, -0.25) is 9.59 Å². The van der Waals surface area contributed by atoms with Gasteiger partial charge in [0.15, 0.2) is 0 Å². The molecule has 1 aromatic carbocycles. The summed E-state index contributed by atoms with van der Waals surface area (Å²) in [6.07, 6.45) is 2.45. The molecule has 114 valence electrons. The average Bonchev–Trinajstić information content (AvgIpc) is 2.46. The van der Waals surface area contributed by atoms with E-state index < -0.39 is 17.3 Å². The van der Waals surface area contributed by atoms with Crippen LogP contribution in [0.4, 0.5) is 0 Å². The number of nitrogens with zero attached hydrogens (tertiary/aromatic N) is 1. The quantitative estimate of drug-likeness (QED) is 0.925. The molecule has 0 bridgehead atoms. The summed E-state index contributed by atoms with van der Waals surface area (Å²) in [4.78, 5) is 25.2. The molecule has 4 heteroatoms. The summed E-state index contributed by atoms with van der Waals surface area (Å²) >= 11 is 0. The van der Waals surface area contributed by atoms with Crippen LogP contribution in [0.2, 0.25) is 0 Å². The van der Waals surface area contributed by atoms with Crippen LogP contribution in [0, 0.1) is 11.3 Å². The zero-order valence-corrected chi connectivity index (χ0v) is 12.9.